The summed E-state index contributed by atoms with van der Waals surface area (Å²) >= 11 is 0. The Kier molecular flexibility index (Phi) is 4.18. The van der Waals surface area contributed by atoms with Crippen LogP contribution in [0.25, 0.3) is 0 Å². The van der Waals surface area contributed by atoms with Gasteiger partial charge in [-0.15, -0.1) is 0 Å². The van der Waals surface area contributed by atoms with E-state index >= 15 is 0 Å². The summed E-state index contributed by atoms with van der Waals surface area (Å²) in [6.45, 7) is 1.89. The van der Waals surface area contributed by atoms with Gasteiger partial charge in [-0.1, -0.05) is 18.2 Å². The number of ether oxygens (including phenoxy) is 1. The van der Waals surface area contributed by atoms with E-state index in [1.54, 1.807) is 0 Å². The van der Waals surface area contributed by atoms with Crippen LogP contribution in [-0.4, -0.2) is 18.0 Å². The fourth-order valence-corrected chi connectivity index (χ4v) is 1.90. The number of nitro benzene ring substituents is 1. The van der Waals surface area contributed by atoms with Crippen molar-refractivity contribution in [1.82, 2.24) is 0 Å². The maximum atomic E-state index is 11.5. The molecule has 0 saturated heterocycles. The largest absolute Gasteiger partial charge is 0.465 e. The normalized spacial score (nSPS) is 10.0. The van der Waals surface area contributed by atoms with E-state index in [1.165, 1.54) is 25.3 Å². The second kappa shape index (κ2) is 6.04. The Labute approximate surface area is 121 Å². The Morgan fingerprint density at radius 3 is 2.52 bits per heavy atom. The van der Waals surface area contributed by atoms with Crippen molar-refractivity contribution in [3.63, 3.8) is 0 Å². The SMILES string of the molecule is COC(=O)c1ccc([N+](=O)[O-])c(Nc2ccccc2C)c1. The summed E-state index contributed by atoms with van der Waals surface area (Å²) in [7, 11) is 1.26. The number of esters is 1. The third-order valence-electron chi connectivity index (χ3n) is 3.03. The zero-order valence-corrected chi connectivity index (χ0v) is 11.6. The van der Waals surface area contributed by atoms with E-state index in [-0.39, 0.29) is 16.9 Å². The highest BCUT2D eigenvalue weighted by Gasteiger charge is 2.17. The number of anilines is 2. The number of benzene rings is 2. The third-order valence-corrected chi connectivity index (χ3v) is 3.03. The van der Waals surface area contributed by atoms with Crippen LogP contribution in [0.2, 0.25) is 0 Å². The quantitative estimate of drug-likeness (QED) is 0.529. The molecule has 0 radical (unpaired) electrons. The zero-order valence-electron chi connectivity index (χ0n) is 11.6. The number of hydrogen-bond donors (Lipinski definition) is 1. The van der Waals surface area contributed by atoms with Gasteiger partial charge >= 0.3 is 5.97 Å². The molecule has 6 nitrogen and oxygen atoms in total. The predicted molar refractivity (Wildman–Crippen MR) is 78.9 cm³/mol. The molecule has 21 heavy (non-hydrogen) atoms. The molecule has 0 atom stereocenters. The van der Waals surface area contributed by atoms with Crippen LogP contribution >= 0.6 is 0 Å². The number of carbonyl (C=O) groups is 1. The van der Waals surface area contributed by atoms with Crippen LogP contribution in [0.3, 0.4) is 0 Å². The van der Waals surface area contributed by atoms with Crippen LogP contribution in [0.15, 0.2) is 42.5 Å². The second-order valence-electron chi connectivity index (χ2n) is 4.42. The minimum absolute atomic E-state index is 0.106. The van der Waals surface area contributed by atoms with Crippen molar-refractivity contribution < 1.29 is 14.5 Å². The molecule has 0 aliphatic heterocycles. The average molecular weight is 286 g/mol. The first-order chi connectivity index (χ1) is 10.0. The monoisotopic (exact) mass is 286 g/mol. The van der Waals surface area contributed by atoms with Crippen molar-refractivity contribution in [3.8, 4) is 0 Å². The molecule has 0 bridgehead atoms. The Morgan fingerprint density at radius 2 is 1.90 bits per heavy atom. The van der Waals surface area contributed by atoms with Gasteiger partial charge in [-0.3, -0.25) is 10.1 Å². The van der Waals surface area contributed by atoms with Crippen molar-refractivity contribution in [2.45, 2.75) is 6.92 Å². The molecular weight excluding hydrogens is 272 g/mol. The molecule has 0 fully saturated rings. The summed E-state index contributed by atoms with van der Waals surface area (Å²) in [4.78, 5) is 22.1. The molecule has 108 valence electrons. The molecule has 0 unspecified atom stereocenters. The zero-order chi connectivity index (χ0) is 15.4. The molecule has 0 spiro atoms. The number of para-hydroxylation sites is 1. The molecule has 0 aliphatic carbocycles. The maximum absolute atomic E-state index is 11.5. The summed E-state index contributed by atoms with van der Waals surface area (Å²) in [6, 6.07) is 11.5. The molecular formula is C15H14N2O4. The van der Waals surface area contributed by atoms with Gasteiger partial charge < -0.3 is 10.1 Å². The highest BCUT2D eigenvalue weighted by Crippen LogP contribution is 2.30. The van der Waals surface area contributed by atoms with Gasteiger partial charge in [0.15, 0.2) is 0 Å². The van der Waals surface area contributed by atoms with Gasteiger partial charge in [0.1, 0.15) is 5.69 Å². The van der Waals surface area contributed by atoms with Crippen LogP contribution in [0, 0.1) is 17.0 Å². The first-order valence-electron chi connectivity index (χ1n) is 6.22. The number of rotatable bonds is 4. The second-order valence-corrected chi connectivity index (χ2v) is 4.42. The first kappa shape index (κ1) is 14.5. The smallest absolute Gasteiger partial charge is 0.337 e. The summed E-state index contributed by atoms with van der Waals surface area (Å²) in [5, 5.41) is 14.1. The molecule has 0 amide bonds. The third kappa shape index (κ3) is 3.17. The maximum Gasteiger partial charge on any atom is 0.337 e. The summed E-state index contributed by atoms with van der Waals surface area (Å²) in [6.07, 6.45) is 0. The minimum atomic E-state index is -0.544. The molecule has 0 aromatic heterocycles. The van der Waals surface area contributed by atoms with Crippen molar-refractivity contribution in [2.24, 2.45) is 0 Å². The number of aryl methyl sites for hydroxylation is 1. The van der Waals surface area contributed by atoms with Gasteiger partial charge in [0.2, 0.25) is 0 Å². The van der Waals surface area contributed by atoms with Crippen LogP contribution in [-0.2, 0) is 4.74 Å². The van der Waals surface area contributed by atoms with E-state index < -0.39 is 10.9 Å². The number of methoxy groups -OCH3 is 1. The Hall–Kier alpha value is -2.89. The fourth-order valence-electron chi connectivity index (χ4n) is 1.90. The Morgan fingerprint density at radius 1 is 1.19 bits per heavy atom. The van der Waals surface area contributed by atoms with Gasteiger partial charge in [0.25, 0.3) is 5.69 Å². The fraction of sp³-hybridized carbons (Fsp3) is 0.133. The number of hydrogen-bond acceptors (Lipinski definition) is 5. The summed E-state index contributed by atoms with van der Waals surface area (Å²) in [5.41, 5.74) is 2.07. The molecule has 0 aliphatic rings. The molecule has 2 rings (SSSR count). The Bertz CT molecular complexity index is 698. The standard InChI is InChI=1S/C15H14N2O4/c1-10-5-3-4-6-12(10)16-13-9-11(15(18)21-2)7-8-14(13)17(19)20/h3-9,16H,1-2H3. The molecule has 0 saturated carbocycles. The van der Waals surface area contributed by atoms with Crippen molar-refractivity contribution >= 4 is 23.0 Å². The van der Waals surface area contributed by atoms with E-state index in [4.69, 9.17) is 0 Å². The molecule has 0 heterocycles. The van der Waals surface area contributed by atoms with Gasteiger partial charge in [-0.05, 0) is 30.7 Å². The van der Waals surface area contributed by atoms with E-state index in [0.717, 1.165) is 11.3 Å². The van der Waals surface area contributed by atoms with E-state index in [0.29, 0.717) is 0 Å². The Balaban J connectivity index is 2.46. The molecule has 2 aromatic carbocycles. The molecule has 2 aromatic rings. The van der Waals surface area contributed by atoms with Gasteiger partial charge in [0, 0.05) is 11.8 Å². The average Bonchev–Trinajstić information content (AvgIpc) is 2.48. The first-order valence-corrected chi connectivity index (χ1v) is 6.22. The van der Waals surface area contributed by atoms with Gasteiger partial charge in [0.05, 0.1) is 17.6 Å². The van der Waals surface area contributed by atoms with E-state index in [1.807, 2.05) is 31.2 Å². The number of nitro groups is 1. The lowest BCUT2D eigenvalue weighted by atomic mass is 10.1. The molecule has 6 heteroatoms. The minimum Gasteiger partial charge on any atom is -0.465 e. The number of nitrogens with one attached hydrogen (secondary N) is 1. The molecule has 1 N–H and O–H groups in total. The van der Waals surface area contributed by atoms with E-state index in [2.05, 4.69) is 10.1 Å². The van der Waals surface area contributed by atoms with Crippen LogP contribution in [0.5, 0.6) is 0 Å². The van der Waals surface area contributed by atoms with Crippen LogP contribution in [0.1, 0.15) is 15.9 Å². The lowest BCUT2D eigenvalue weighted by Gasteiger charge is -2.10. The number of nitrogens with zero attached hydrogens (tertiary/aromatic N) is 1. The lowest BCUT2D eigenvalue weighted by molar-refractivity contribution is -0.383. The van der Waals surface area contributed by atoms with Crippen LogP contribution in [0.4, 0.5) is 17.1 Å². The van der Waals surface area contributed by atoms with Gasteiger partial charge in [-0.25, -0.2) is 4.79 Å². The van der Waals surface area contributed by atoms with Crippen molar-refractivity contribution in [3.05, 3.63) is 63.7 Å². The highest BCUT2D eigenvalue weighted by molar-refractivity contribution is 5.92. The summed E-state index contributed by atoms with van der Waals surface area (Å²) in [5.74, 6) is -0.544. The van der Waals surface area contributed by atoms with Crippen molar-refractivity contribution in [2.75, 3.05) is 12.4 Å². The van der Waals surface area contributed by atoms with Gasteiger partial charge in [-0.2, -0.15) is 0 Å². The summed E-state index contributed by atoms with van der Waals surface area (Å²) < 4.78 is 4.63. The van der Waals surface area contributed by atoms with E-state index in [9.17, 15) is 14.9 Å². The highest BCUT2D eigenvalue weighted by atomic mass is 16.6. The number of carbonyl (C=O) groups excluding carboxylic acids is 1. The topological polar surface area (TPSA) is 81.5 Å². The van der Waals surface area contributed by atoms with Crippen LogP contribution < -0.4 is 5.32 Å². The predicted octanol–water partition coefficient (Wildman–Crippen LogP) is 3.43. The van der Waals surface area contributed by atoms with Crippen molar-refractivity contribution in [1.29, 1.82) is 0 Å². The lowest BCUT2D eigenvalue weighted by Crippen LogP contribution is -2.04.